The Morgan fingerprint density at radius 3 is 2.82 bits per heavy atom. The summed E-state index contributed by atoms with van der Waals surface area (Å²) in [5, 5.41) is 12.1. The number of phenolic OH excluding ortho intramolecular Hbond substituents is 1. The van der Waals surface area contributed by atoms with Crippen LogP contribution in [-0.4, -0.2) is 38.4 Å². The van der Waals surface area contributed by atoms with Crippen molar-refractivity contribution in [1.82, 2.24) is 5.32 Å². The van der Waals surface area contributed by atoms with Gasteiger partial charge in [-0.15, -0.1) is 0 Å². The minimum atomic E-state index is -0.133. The molecule has 0 saturated heterocycles. The van der Waals surface area contributed by atoms with E-state index in [0.29, 0.717) is 24.5 Å². The van der Waals surface area contributed by atoms with E-state index in [0.717, 1.165) is 0 Å². The quantitative estimate of drug-likeness (QED) is 0.717. The molecule has 1 rings (SSSR count). The second-order valence-corrected chi connectivity index (χ2v) is 3.52. The van der Waals surface area contributed by atoms with Crippen molar-refractivity contribution in [2.75, 3.05) is 27.4 Å². The molecule has 5 heteroatoms. The zero-order chi connectivity index (χ0) is 12.7. The van der Waals surface area contributed by atoms with Gasteiger partial charge in [0, 0.05) is 19.2 Å². The number of nitrogens with one attached hydrogen (secondary N) is 1. The van der Waals surface area contributed by atoms with Gasteiger partial charge in [0.15, 0.2) is 0 Å². The van der Waals surface area contributed by atoms with E-state index in [1.54, 1.807) is 13.2 Å². The SMILES string of the molecule is COCCNC(=O)Cc1cc(O)ccc1OC. The number of carbonyl (C=O) groups excluding carboxylic acids is 1. The van der Waals surface area contributed by atoms with E-state index in [9.17, 15) is 9.90 Å². The number of ether oxygens (including phenoxy) is 2. The Hall–Kier alpha value is -1.75. The number of amides is 1. The van der Waals surface area contributed by atoms with E-state index >= 15 is 0 Å². The summed E-state index contributed by atoms with van der Waals surface area (Å²) < 4.78 is 9.94. The first-order valence-electron chi connectivity index (χ1n) is 5.29. The summed E-state index contributed by atoms with van der Waals surface area (Å²) in [7, 11) is 3.10. The average molecular weight is 239 g/mol. The number of hydrogen-bond donors (Lipinski definition) is 2. The molecule has 0 radical (unpaired) electrons. The summed E-state index contributed by atoms with van der Waals surface area (Å²) >= 11 is 0. The van der Waals surface area contributed by atoms with Gasteiger partial charge in [0.25, 0.3) is 0 Å². The Kier molecular flexibility index (Phi) is 5.29. The van der Waals surface area contributed by atoms with Crippen molar-refractivity contribution in [3.63, 3.8) is 0 Å². The van der Waals surface area contributed by atoms with E-state index in [2.05, 4.69) is 5.32 Å². The Bertz CT molecular complexity index is 379. The summed E-state index contributed by atoms with van der Waals surface area (Å²) in [5.41, 5.74) is 0.655. The molecule has 2 N–H and O–H groups in total. The van der Waals surface area contributed by atoms with Gasteiger partial charge in [-0.2, -0.15) is 0 Å². The van der Waals surface area contributed by atoms with Gasteiger partial charge in [-0.05, 0) is 18.2 Å². The molecule has 0 aliphatic carbocycles. The second-order valence-electron chi connectivity index (χ2n) is 3.52. The van der Waals surface area contributed by atoms with Crippen LogP contribution < -0.4 is 10.1 Å². The van der Waals surface area contributed by atoms with Crippen LogP contribution in [0.4, 0.5) is 0 Å². The van der Waals surface area contributed by atoms with Crippen LogP contribution in [0.5, 0.6) is 11.5 Å². The lowest BCUT2D eigenvalue weighted by Gasteiger charge is -2.09. The van der Waals surface area contributed by atoms with E-state index in [-0.39, 0.29) is 18.1 Å². The topological polar surface area (TPSA) is 67.8 Å². The van der Waals surface area contributed by atoms with Gasteiger partial charge in [0.05, 0.1) is 20.1 Å². The summed E-state index contributed by atoms with van der Waals surface area (Å²) in [6.07, 6.45) is 0.168. The van der Waals surface area contributed by atoms with Crippen LogP contribution in [-0.2, 0) is 16.0 Å². The lowest BCUT2D eigenvalue weighted by molar-refractivity contribution is -0.120. The van der Waals surface area contributed by atoms with Gasteiger partial charge >= 0.3 is 0 Å². The maximum absolute atomic E-state index is 11.6. The largest absolute Gasteiger partial charge is 0.508 e. The molecule has 0 aliphatic rings. The van der Waals surface area contributed by atoms with Crippen molar-refractivity contribution in [3.05, 3.63) is 23.8 Å². The number of hydrogen-bond acceptors (Lipinski definition) is 4. The Labute approximate surface area is 100 Å². The molecule has 0 bridgehead atoms. The molecule has 0 spiro atoms. The summed E-state index contributed by atoms with van der Waals surface area (Å²) in [4.78, 5) is 11.6. The molecule has 0 saturated carbocycles. The lowest BCUT2D eigenvalue weighted by Crippen LogP contribution is -2.28. The van der Waals surface area contributed by atoms with Crippen LogP contribution in [0.25, 0.3) is 0 Å². The van der Waals surface area contributed by atoms with Crippen LogP contribution in [0, 0.1) is 0 Å². The number of phenols is 1. The standard InChI is InChI=1S/C12H17NO4/c1-16-6-5-13-12(15)8-9-7-10(14)3-4-11(9)17-2/h3-4,7,14H,5-6,8H2,1-2H3,(H,13,15). The van der Waals surface area contributed by atoms with Crippen LogP contribution in [0.2, 0.25) is 0 Å². The van der Waals surface area contributed by atoms with Crippen molar-refractivity contribution in [2.24, 2.45) is 0 Å². The minimum absolute atomic E-state index is 0.116. The fraction of sp³-hybridized carbons (Fsp3) is 0.417. The van der Waals surface area contributed by atoms with Crippen molar-refractivity contribution in [2.45, 2.75) is 6.42 Å². The average Bonchev–Trinajstić information content (AvgIpc) is 2.29. The van der Waals surface area contributed by atoms with Crippen LogP contribution in [0.1, 0.15) is 5.56 Å². The van der Waals surface area contributed by atoms with Gasteiger partial charge in [-0.3, -0.25) is 4.79 Å². The molecule has 0 fully saturated rings. The molecule has 0 unspecified atom stereocenters. The second kappa shape index (κ2) is 6.75. The first-order chi connectivity index (χ1) is 8.17. The molecule has 17 heavy (non-hydrogen) atoms. The van der Waals surface area contributed by atoms with Gasteiger partial charge in [0.1, 0.15) is 11.5 Å². The number of methoxy groups -OCH3 is 2. The van der Waals surface area contributed by atoms with E-state index in [1.165, 1.54) is 19.2 Å². The van der Waals surface area contributed by atoms with E-state index in [4.69, 9.17) is 9.47 Å². The van der Waals surface area contributed by atoms with Crippen LogP contribution in [0.15, 0.2) is 18.2 Å². The normalized spacial score (nSPS) is 10.0. The molecule has 5 nitrogen and oxygen atoms in total. The van der Waals surface area contributed by atoms with Gasteiger partial charge in [0.2, 0.25) is 5.91 Å². The highest BCUT2D eigenvalue weighted by Crippen LogP contribution is 2.23. The van der Waals surface area contributed by atoms with Crippen molar-refractivity contribution in [3.8, 4) is 11.5 Å². The fourth-order valence-electron chi connectivity index (χ4n) is 1.43. The third-order valence-electron chi connectivity index (χ3n) is 2.24. The van der Waals surface area contributed by atoms with Gasteiger partial charge in [-0.1, -0.05) is 0 Å². The lowest BCUT2D eigenvalue weighted by atomic mass is 10.1. The predicted octanol–water partition coefficient (Wildman–Crippen LogP) is 0.706. The zero-order valence-electron chi connectivity index (χ0n) is 10.0. The third kappa shape index (κ3) is 4.32. The number of aromatic hydroxyl groups is 1. The van der Waals surface area contributed by atoms with Crippen molar-refractivity contribution in [1.29, 1.82) is 0 Å². The van der Waals surface area contributed by atoms with Crippen molar-refractivity contribution < 1.29 is 19.4 Å². The summed E-state index contributed by atoms with van der Waals surface area (Å²) in [6, 6.07) is 4.67. The fourth-order valence-corrected chi connectivity index (χ4v) is 1.43. The Morgan fingerprint density at radius 2 is 2.18 bits per heavy atom. The molecule has 1 aromatic carbocycles. The Morgan fingerprint density at radius 1 is 1.41 bits per heavy atom. The highest BCUT2D eigenvalue weighted by Gasteiger charge is 2.09. The molecule has 1 aromatic rings. The molecular weight excluding hydrogens is 222 g/mol. The summed E-state index contributed by atoms with van der Waals surface area (Å²) in [5.74, 6) is 0.570. The molecule has 0 aromatic heterocycles. The Balaban J connectivity index is 2.60. The molecular formula is C12H17NO4. The highest BCUT2D eigenvalue weighted by molar-refractivity contribution is 5.79. The monoisotopic (exact) mass is 239 g/mol. The van der Waals surface area contributed by atoms with E-state index in [1.807, 2.05) is 0 Å². The minimum Gasteiger partial charge on any atom is -0.508 e. The molecule has 94 valence electrons. The number of rotatable bonds is 6. The summed E-state index contributed by atoms with van der Waals surface area (Å²) in [6.45, 7) is 0.944. The van der Waals surface area contributed by atoms with Crippen molar-refractivity contribution >= 4 is 5.91 Å². The molecule has 1 amide bonds. The zero-order valence-corrected chi connectivity index (χ0v) is 10.0. The smallest absolute Gasteiger partial charge is 0.224 e. The first kappa shape index (κ1) is 13.3. The number of carbonyl (C=O) groups is 1. The van der Waals surface area contributed by atoms with Crippen LogP contribution >= 0.6 is 0 Å². The first-order valence-corrected chi connectivity index (χ1v) is 5.29. The van der Waals surface area contributed by atoms with Gasteiger partial charge < -0.3 is 19.9 Å². The predicted molar refractivity (Wildman–Crippen MR) is 63.2 cm³/mol. The molecule has 0 heterocycles. The maximum atomic E-state index is 11.6. The van der Waals surface area contributed by atoms with E-state index < -0.39 is 0 Å². The van der Waals surface area contributed by atoms with Crippen LogP contribution in [0.3, 0.4) is 0 Å². The van der Waals surface area contributed by atoms with Gasteiger partial charge in [-0.25, -0.2) is 0 Å². The number of benzene rings is 1. The molecule has 0 atom stereocenters. The maximum Gasteiger partial charge on any atom is 0.224 e. The highest BCUT2D eigenvalue weighted by atomic mass is 16.5. The molecule has 0 aliphatic heterocycles. The third-order valence-corrected chi connectivity index (χ3v) is 2.24.